The van der Waals surface area contributed by atoms with E-state index in [9.17, 15) is 9.90 Å². The number of nitrogens with one attached hydrogen (secondary N) is 1. The molecule has 0 saturated heterocycles. The minimum atomic E-state index is -0.187. The van der Waals surface area contributed by atoms with Gasteiger partial charge >= 0.3 is 0 Å². The lowest BCUT2D eigenvalue weighted by molar-refractivity contribution is 0.0950. The summed E-state index contributed by atoms with van der Waals surface area (Å²) in [6, 6.07) is 6.65. The Labute approximate surface area is 128 Å². The van der Waals surface area contributed by atoms with Crippen molar-refractivity contribution in [3.63, 3.8) is 0 Å². The molecule has 0 aliphatic heterocycles. The molecule has 3 nitrogen and oxygen atoms in total. The molecule has 0 spiro atoms. The van der Waals surface area contributed by atoms with Crippen LogP contribution in [-0.2, 0) is 0 Å². The molecular weight excluding hydrogens is 262 g/mol. The van der Waals surface area contributed by atoms with Crippen molar-refractivity contribution in [3.05, 3.63) is 29.8 Å². The van der Waals surface area contributed by atoms with E-state index in [1.54, 1.807) is 18.2 Å². The van der Waals surface area contributed by atoms with Crippen molar-refractivity contribution in [1.29, 1.82) is 0 Å². The van der Waals surface area contributed by atoms with Crippen LogP contribution >= 0.6 is 0 Å². The summed E-state index contributed by atoms with van der Waals surface area (Å²) in [6.45, 7) is 2.92. The summed E-state index contributed by atoms with van der Waals surface area (Å²) in [4.78, 5) is 11.8. The number of unbranched alkanes of at least 4 members (excludes halogenated alkanes) is 8. The van der Waals surface area contributed by atoms with E-state index in [4.69, 9.17) is 0 Å². The minimum absolute atomic E-state index is 0.0436. The molecule has 1 amide bonds. The lowest BCUT2D eigenvalue weighted by Gasteiger charge is -2.06. The molecule has 0 bridgehead atoms. The summed E-state index contributed by atoms with van der Waals surface area (Å²) < 4.78 is 0. The van der Waals surface area contributed by atoms with Crippen LogP contribution in [0.3, 0.4) is 0 Å². The van der Waals surface area contributed by atoms with E-state index < -0.39 is 0 Å². The minimum Gasteiger partial charge on any atom is -0.507 e. The highest BCUT2D eigenvalue weighted by Crippen LogP contribution is 2.15. The number of carbonyl (C=O) groups is 1. The van der Waals surface area contributed by atoms with E-state index in [2.05, 4.69) is 12.2 Å². The number of carbonyl (C=O) groups excluding carboxylic acids is 1. The molecule has 2 N–H and O–H groups in total. The zero-order valence-corrected chi connectivity index (χ0v) is 13.2. The Morgan fingerprint density at radius 2 is 1.52 bits per heavy atom. The van der Waals surface area contributed by atoms with Crippen LogP contribution < -0.4 is 5.32 Å². The summed E-state index contributed by atoms with van der Waals surface area (Å²) in [5, 5.41) is 12.4. The van der Waals surface area contributed by atoms with Crippen molar-refractivity contribution in [2.24, 2.45) is 0 Å². The Morgan fingerprint density at radius 3 is 2.14 bits per heavy atom. The molecular formula is C18H29NO2. The Kier molecular flexibility index (Phi) is 9.34. The number of benzene rings is 1. The second-order valence-electron chi connectivity index (χ2n) is 5.60. The van der Waals surface area contributed by atoms with Crippen molar-refractivity contribution in [2.45, 2.75) is 64.7 Å². The molecule has 1 rings (SSSR count). The number of para-hydroxylation sites is 1. The average molecular weight is 291 g/mol. The van der Waals surface area contributed by atoms with E-state index in [1.807, 2.05) is 0 Å². The normalized spacial score (nSPS) is 10.5. The Bertz CT molecular complexity index is 404. The predicted octanol–water partition coefficient (Wildman–Crippen LogP) is 4.65. The quantitative estimate of drug-likeness (QED) is 0.583. The van der Waals surface area contributed by atoms with Crippen LogP contribution in [0.2, 0.25) is 0 Å². The first-order valence-corrected chi connectivity index (χ1v) is 8.32. The van der Waals surface area contributed by atoms with Gasteiger partial charge < -0.3 is 10.4 Å². The van der Waals surface area contributed by atoms with E-state index in [1.165, 1.54) is 51.0 Å². The van der Waals surface area contributed by atoms with Gasteiger partial charge in [0.2, 0.25) is 0 Å². The standard InChI is InChI=1S/C18H29NO2/c1-2-3-4-5-6-7-8-9-12-15-19-18(21)16-13-10-11-14-17(16)20/h10-11,13-14,20H,2-9,12,15H2,1H3,(H,19,21). The van der Waals surface area contributed by atoms with Crippen LogP contribution in [0.4, 0.5) is 0 Å². The second kappa shape index (κ2) is 11.2. The first-order valence-electron chi connectivity index (χ1n) is 8.32. The third-order valence-electron chi connectivity index (χ3n) is 3.71. The van der Waals surface area contributed by atoms with E-state index in [0.717, 1.165) is 12.8 Å². The van der Waals surface area contributed by atoms with Crippen molar-refractivity contribution < 1.29 is 9.90 Å². The highest BCUT2D eigenvalue weighted by molar-refractivity contribution is 5.96. The van der Waals surface area contributed by atoms with Crippen molar-refractivity contribution in [2.75, 3.05) is 6.54 Å². The van der Waals surface area contributed by atoms with Gasteiger partial charge in [-0.2, -0.15) is 0 Å². The molecule has 0 heterocycles. The van der Waals surface area contributed by atoms with Crippen molar-refractivity contribution in [1.82, 2.24) is 5.32 Å². The SMILES string of the molecule is CCCCCCCCCCCNC(=O)c1ccccc1O. The maximum atomic E-state index is 11.8. The van der Waals surface area contributed by atoms with Crippen LogP contribution in [0.25, 0.3) is 0 Å². The molecule has 0 aliphatic rings. The fourth-order valence-corrected chi connectivity index (χ4v) is 2.40. The van der Waals surface area contributed by atoms with Gasteiger partial charge in [-0.15, -0.1) is 0 Å². The number of phenols is 1. The van der Waals surface area contributed by atoms with E-state index >= 15 is 0 Å². The van der Waals surface area contributed by atoms with Crippen LogP contribution in [-0.4, -0.2) is 17.6 Å². The van der Waals surface area contributed by atoms with Crippen LogP contribution in [0.1, 0.15) is 75.1 Å². The van der Waals surface area contributed by atoms with Crippen molar-refractivity contribution >= 4 is 5.91 Å². The number of aromatic hydroxyl groups is 1. The molecule has 0 saturated carbocycles. The fraction of sp³-hybridized carbons (Fsp3) is 0.611. The molecule has 21 heavy (non-hydrogen) atoms. The first-order chi connectivity index (χ1) is 10.3. The van der Waals surface area contributed by atoms with Gasteiger partial charge in [0.1, 0.15) is 5.75 Å². The third kappa shape index (κ3) is 7.74. The summed E-state index contributed by atoms with van der Waals surface area (Å²) >= 11 is 0. The highest BCUT2D eigenvalue weighted by Gasteiger charge is 2.08. The monoisotopic (exact) mass is 291 g/mol. The largest absolute Gasteiger partial charge is 0.507 e. The highest BCUT2D eigenvalue weighted by atomic mass is 16.3. The van der Waals surface area contributed by atoms with Gasteiger partial charge in [-0.3, -0.25) is 4.79 Å². The molecule has 0 radical (unpaired) electrons. The molecule has 1 aromatic carbocycles. The maximum absolute atomic E-state index is 11.8. The average Bonchev–Trinajstić information content (AvgIpc) is 2.49. The van der Waals surface area contributed by atoms with Crippen LogP contribution in [0.5, 0.6) is 5.75 Å². The number of phenolic OH excluding ortho intramolecular Hbond substituents is 1. The molecule has 0 unspecified atom stereocenters. The number of hydrogen-bond acceptors (Lipinski definition) is 2. The molecule has 0 atom stereocenters. The third-order valence-corrected chi connectivity index (χ3v) is 3.71. The lowest BCUT2D eigenvalue weighted by atomic mass is 10.1. The molecule has 0 aliphatic carbocycles. The zero-order valence-electron chi connectivity index (χ0n) is 13.2. The van der Waals surface area contributed by atoms with Crippen LogP contribution in [0, 0.1) is 0 Å². The summed E-state index contributed by atoms with van der Waals surface area (Å²) in [7, 11) is 0. The summed E-state index contributed by atoms with van der Waals surface area (Å²) in [5.74, 6) is -0.144. The lowest BCUT2D eigenvalue weighted by Crippen LogP contribution is -2.24. The van der Waals surface area contributed by atoms with Gasteiger partial charge in [0.05, 0.1) is 5.56 Å². The van der Waals surface area contributed by atoms with Crippen LogP contribution in [0.15, 0.2) is 24.3 Å². The molecule has 0 aromatic heterocycles. The number of hydrogen-bond donors (Lipinski definition) is 2. The van der Waals surface area contributed by atoms with Gasteiger partial charge in [-0.1, -0.05) is 70.4 Å². The Balaban J connectivity index is 1.99. The molecule has 3 heteroatoms. The van der Waals surface area contributed by atoms with Gasteiger partial charge in [-0.05, 0) is 18.6 Å². The Morgan fingerprint density at radius 1 is 0.952 bits per heavy atom. The zero-order chi connectivity index (χ0) is 15.3. The maximum Gasteiger partial charge on any atom is 0.255 e. The number of amides is 1. The summed E-state index contributed by atoms with van der Waals surface area (Å²) in [6.07, 6.45) is 11.4. The second-order valence-corrected chi connectivity index (χ2v) is 5.60. The molecule has 0 fully saturated rings. The van der Waals surface area contributed by atoms with Gasteiger partial charge in [0.25, 0.3) is 5.91 Å². The molecule has 118 valence electrons. The van der Waals surface area contributed by atoms with Crippen molar-refractivity contribution in [3.8, 4) is 5.75 Å². The fourth-order valence-electron chi connectivity index (χ4n) is 2.40. The number of rotatable bonds is 11. The van der Waals surface area contributed by atoms with Gasteiger partial charge in [0, 0.05) is 6.54 Å². The van der Waals surface area contributed by atoms with E-state index in [0.29, 0.717) is 12.1 Å². The topological polar surface area (TPSA) is 49.3 Å². The molecule has 1 aromatic rings. The van der Waals surface area contributed by atoms with E-state index in [-0.39, 0.29) is 11.7 Å². The summed E-state index contributed by atoms with van der Waals surface area (Å²) in [5.41, 5.74) is 0.355. The Hall–Kier alpha value is -1.51. The van der Waals surface area contributed by atoms with Gasteiger partial charge in [-0.25, -0.2) is 0 Å². The van der Waals surface area contributed by atoms with Gasteiger partial charge in [0.15, 0.2) is 0 Å². The predicted molar refractivity (Wildman–Crippen MR) is 87.7 cm³/mol. The smallest absolute Gasteiger partial charge is 0.255 e. The first kappa shape index (κ1) is 17.5.